The lowest BCUT2D eigenvalue weighted by atomic mass is 9.90. The first-order chi connectivity index (χ1) is 7.54. The average Bonchev–Trinajstić information content (AvgIpc) is 2.81. The Morgan fingerprint density at radius 1 is 1.24 bits per heavy atom. The van der Waals surface area contributed by atoms with Gasteiger partial charge in [0, 0.05) is 12.0 Å². The van der Waals surface area contributed by atoms with E-state index in [-0.39, 0.29) is 17.8 Å². The molecule has 0 spiro atoms. The molecule has 1 heterocycles. The van der Waals surface area contributed by atoms with Gasteiger partial charge in [-0.15, -0.1) is 12.4 Å². The van der Waals surface area contributed by atoms with Crippen LogP contribution >= 0.6 is 12.4 Å². The van der Waals surface area contributed by atoms with Crippen molar-refractivity contribution in [2.24, 2.45) is 5.92 Å². The molecule has 1 aliphatic carbocycles. The van der Waals surface area contributed by atoms with Crippen molar-refractivity contribution in [3.63, 3.8) is 0 Å². The smallest absolute Gasteiger partial charge is 0.316 e. The minimum atomic E-state index is -4.24. The van der Waals surface area contributed by atoms with E-state index >= 15 is 0 Å². The van der Waals surface area contributed by atoms with Gasteiger partial charge in [-0.1, -0.05) is 18.2 Å². The molecule has 2 aliphatic rings. The standard InChI is InChI=1S/C12H12F3N.ClH/c13-12(14,15)10-4-2-1-3-9(10)11-5-8(11)6-16-7-11;/h1-4,8,16H,5-7H2;1H. The van der Waals surface area contributed by atoms with E-state index in [1.165, 1.54) is 12.1 Å². The largest absolute Gasteiger partial charge is 0.416 e. The van der Waals surface area contributed by atoms with Crippen LogP contribution in [0.1, 0.15) is 17.5 Å². The summed E-state index contributed by atoms with van der Waals surface area (Å²) in [7, 11) is 0. The van der Waals surface area contributed by atoms with Crippen LogP contribution in [0.2, 0.25) is 0 Å². The van der Waals surface area contributed by atoms with Crippen molar-refractivity contribution >= 4 is 12.4 Å². The number of nitrogens with one attached hydrogen (secondary N) is 1. The third-order valence-corrected chi connectivity index (χ3v) is 3.83. The number of benzene rings is 1. The lowest BCUT2D eigenvalue weighted by molar-refractivity contribution is -0.138. The van der Waals surface area contributed by atoms with Gasteiger partial charge in [-0.25, -0.2) is 0 Å². The van der Waals surface area contributed by atoms with E-state index in [9.17, 15) is 13.2 Å². The molecular formula is C12H13ClF3N. The number of rotatable bonds is 1. The quantitative estimate of drug-likeness (QED) is 0.821. The van der Waals surface area contributed by atoms with Gasteiger partial charge < -0.3 is 5.32 Å². The second kappa shape index (κ2) is 3.89. The van der Waals surface area contributed by atoms with Crippen LogP contribution in [-0.4, -0.2) is 13.1 Å². The molecule has 1 aliphatic heterocycles. The maximum Gasteiger partial charge on any atom is 0.416 e. The van der Waals surface area contributed by atoms with Crippen molar-refractivity contribution in [3.8, 4) is 0 Å². The van der Waals surface area contributed by atoms with Crippen LogP contribution in [0, 0.1) is 5.92 Å². The molecule has 94 valence electrons. The lowest BCUT2D eigenvalue weighted by Gasteiger charge is -2.19. The fourth-order valence-corrected chi connectivity index (χ4v) is 2.92. The molecule has 1 aromatic carbocycles. The van der Waals surface area contributed by atoms with Crippen LogP contribution in [0.4, 0.5) is 13.2 Å². The number of hydrogen-bond acceptors (Lipinski definition) is 1. The van der Waals surface area contributed by atoms with Crippen molar-refractivity contribution in [3.05, 3.63) is 35.4 Å². The predicted molar refractivity (Wildman–Crippen MR) is 61.3 cm³/mol. The molecule has 1 aromatic rings. The normalized spacial score (nSPS) is 30.6. The van der Waals surface area contributed by atoms with Gasteiger partial charge in [0.25, 0.3) is 0 Å². The summed E-state index contributed by atoms with van der Waals surface area (Å²) in [6.07, 6.45) is -3.34. The Bertz CT molecular complexity index is 432. The zero-order chi connectivity index (χ0) is 11.4. The first kappa shape index (κ1) is 12.7. The van der Waals surface area contributed by atoms with Crippen molar-refractivity contribution in [1.82, 2.24) is 5.32 Å². The van der Waals surface area contributed by atoms with Crippen LogP contribution in [0.15, 0.2) is 24.3 Å². The highest BCUT2D eigenvalue weighted by Gasteiger charge is 2.60. The molecule has 1 N–H and O–H groups in total. The molecule has 0 aromatic heterocycles. The molecule has 1 saturated carbocycles. The third-order valence-electron chi connectivity index (χ3n) is 3.83. The second-order valence-corrected chi connectivity index (χ2v) is 4.73. The molecule has 17 heavy (non-hydrogen) atoms. The van der Waals surface area contributed by atoms with Crippen LogP contribution < -0.4 is 5.32 Å². The van der Waals surface area contributed by atoms with E-state index in [0.29, 0.717) is 18.0 Å². The summed E-state index contributed by atoms with van der Waals surface area (Å²) < 4.78 is 38.6. The number of piperidine rings is 1. The topological polar surface area (TPSA) is 12.0 Å². The van der Waals surface area contributed by atoms with Crippen molar-refractivity contribution in [2.75, 3.05) is 13.1 Å². The van der Waals surface area contributed by atoms with Gasteiger partial charge in [-0.05, 0) is 30.5 Å². The summed E-state index contributed by atoms with van der Waals surface area (Å²) in [5, 5.41) is 3.17. The van der Waals surface area contributed by atoms with Gasteiger partial charge in [0.05, 0.1) is 5.56 Å². The fraction of sp³-hybridized carbons (Fsp3) is 0.500. The SMILES string of the molecule is Cl.FC(F)(F)c1ccccc1C12CNCC1C2. The highest BCUT2D eigenvalue weighted by atomic mass is 35.5. The second-order valence-electron chi connectivity index (χ2n) is 4.73. The molecule has 0 radical (unpaired) electrons. The Morgan fingerprint density at radius 3 is 2.47 bits per heavy atom. The highest BCUT2D eigenvalue weighted by Crippen LogP contribution is 2.58. The Labute approximate surface area is 104 Å². The van der Waals surface area contributed by atoms with Gasteiger partial charge in [0.2, 0.25) is 0 Å². The predicted octanol–water partition coefficient (Wildman–Crippen LogP) is 2.99. The van der Waals surface area contributed by atoms with Gasteiger partial charge in [-0.3, -0.25) is 0 Å². The van der Waals surface area contributed by atoms with Crippen molar-refractivity contribution in [2.45, 2.75) is 18.0 Å². The van der Waals surface area contributed by atoms with E-state index in [1.807, 2.05) is 0 Å². The van der Waals surface area contributed by atoms with Crippen LogP contribution in [0.5, 0.6) is 0 Å². The van der Waals surface area contributed by atoms with E-state index in [2.05, 4.69) is 5.32 Å². The third kappa shape index (κ3) is 1.83. The number of hydrogen-bond donors (Lipinski definition) is 1. The van der Waals surface area contributed by atoms with Crippen LogP contribution in [0.3, 0.4) is 0 Å². The number of fused-ring (bicyclic) bond motifs is 1. The Hall–Kier alpha value is -0.740. The zero-order valence-electron chi connectivity index (χ0n) is 9.05. The summed E-state index contributed by atoms with van der Waals surface area (Å²) >= 11 is 0. The van der Waals surface area contributed by atoms with E-state index in [0.717, 1.165) is 13.0 Å². The van der Waals surface area contributed by atoms with Gasteiger partial charge in [0.15, 0.2) is 0 Å². The monoisotopic (exact) mass is 263 g/mol. The minimum absolute atomic E-state index is 0. The Morgan fingerprint density at radius 2 is 1.94 bits per heavy atom. The number of alkyl halides is 3. The number of halogens is 4. The minimum Gasteiger partial charge on any atom is -0.316 e. The summed E-state index contributed by atoms with van der Waals surface area (Å²) in [5.74, 6) is 0.399. The van der Waals surface area contributed by atoms with E-state index in [1.54, 1.807) is 12.1 Å². The molecule has 2 atom stereocenters. The Balaban J connectivity index is 0.00000108. The van der Waals surface area contributed by atoms with Crippen molar-refractivity contribution in [1.29, 1.82) is 0 Å². The zero-order valence-corrected chi connectivity index (χ0v) is 9.87. The Kier molecular flexibility index (Phi) is 2.91. The lowest BCUT2D eigenvalue weighted by Crippen LogP contribution is -2.22. The first-order valence-corrected chi connectivity index (χ1v) is 5.41. The molecule has 5 heteroatoms. The highest BCUT2D eigenvalue weighted by molar-refractivity contribution is 5.85. The maximum absolute atomic E-state index is 12.9. The van der Waals surface area contributed by atoms with E-state index in [4.69, 9.17) is 0 Å². The molecular weight excluding hydrogens is 251 g/mol. The van der Waals surface area contributed by atoms with Crippen LogP contribution in [0.25, 0.3) is 0 Å². The first-order valence-electron chi connectivity index (χ1n) is 5.41. The van der Waals surface area contributed by atoms with Gasteiger partial charge in [0.1, 0.15) is 0 Å². The summed E-state index contributed by atoms with van der Waals surface area (Å²) in [6.45, 7) is 1.54. The molecule has 2 fully saturated rings. The molecule has 3 rings (SSSR count). The summed E-state index contributed by atoms with van der Waals surface area (Å²) in [6, 6.07) is 5.99. The molecule has 1 saturated heterocycles. The summed E-state index contributed by atoms with van der Waals surface area (Å²) in [5.41, 5.74) is -0.203. The molecule has 2 unspecified atom stereocenters. The summed E-state index contributed by atoms with van der Waals surface area (Å²) in [4.78, 5) is 0. The molecule has 0 bridgehead atoms. The fourth-order valence-electron chi connectivity index (χ4n) is 2.92. The maximum atomic E-state index is 12.9. The van der Waals surface area contributed by atoms with Crippen LogP contribution in [-0.2, 0) is 11.6 Å². The van der Waals surface area contributed by atoms with E-state index < -0.39 is 11.7 Å². The molecule has 0 amide bonds. The molecule has 1 nitrogen and oxygen atoms in total. The average molecular weight is 264 g/mol. The van der Waals surface area contributed by atoms with Gasteiger partial charge >= 0.3 is 6.18 Å². The van der Waals surface area contributed by atoms with Crippen molar-refractivity contribution < 1.29 is 13.2 Å². The van der Waals surface area contributed by atoms with Gasteiger partial charge in [-0.2, -0.15) is 13.2 Å².